The van der Waals surface area contributed by atoms with E-state index in [-0.39, 0.29) is 23.0 Å². The van der Waals surface area contributed by atoms with Crippen LogP contribution in [0, 0.1) is 11.8 Å². The largest absolute Gasteiger partial charge is 0.550 e. The first-order valence-corrected chi connectivity index (χ1v) is 8.48. The molecule has 1 heterocycles. The molecule has 5 nitrogen and oxygen atoms in total. The lowest BCUT2D eigenvalue weighted by molar-refractivity contribution is -0.788. The maximum Gasteiger partial charge on any atom is 0.223 e. The van der Waals surface area contributed by atoms with Gasteiger partial charge in [0.05, 0.1) is 11.1 Å². The first kappa shape index (κ1) is 17.3. The normalized spacial score (nSPS) is 31.5. The topological polar surface area (TPSA) is 85.8 Å². The van der Waals surface area contributed by atoms with Gasteiger partial charge in [0.25, 0.3) is 0 Å². The Morgan fingerprint density at radius 1 is 1.00 bits per heavy atom. The molecule has 0 aromatic heterocycles. The minimum atomic E-state index is -1.07. The van der Waals surface area contributed by atoms with Crippen molar-refractivity contribution in [3.8, 4) is 0 Å². The molecule has 2 fully saturated rings. The predicted molar refractivity (Wildman–Crippen MR) is 81.7 cm³/mol. The van der Waals surface area contributed by atoms with Gasteiger partial charge in [0, 0.05) is 36.7 Å². The lowest BCUT2D eigenvalue weighted by atomic mass is 9.77. The number of carboxylic acids is 1. The molecule has 126 valence electrons. The standard InChI is InChI=1S/C17H30N2O3/c1-16(2)9-11(10-17(3,4)19-16)18-14(20)12-7-5-6-8-13(12)15(21)22/h11-13,19H,5-10H2,1-4H3,(H,18,20)(H,21,22)/t12-,13-/m0/s1. The Morgan fingerprint density at radius 2 is 1.50 bits per heavy atom. The molecule has 1 saturated carbocycles. The molecule has 1 amide bonds. The molecule has 0 bridgehead atoms. The van der Waals surface area contributed by atoms with Gasteiger partial charge in [-0.3, -0.25) is 4.79 Å². The number of piperidine rings is 1. The molecule has 2 rings (SSSR count). The Bertz CT molecular complexity index is 429. The van der Waals surface area contributed by atoms with E-state index in [1.165, 1.54) is 0 Å². The summed E-state index contributed by atoms with van der Waals surface area (Å²) in [5, 5.41) is 16.8. The summed E-state index contributed by atoms with van der Waals surface area (Å²) in [5.41, 5.74) is 0.167. The second kappa shape index (κ2) is 6.19. The van der Waals surface area contributed by atoms with Crippen LogP contribution in [0.25, 0.3) is 0 Å². The highest BCUT2D eigenvalue weighted by Crippen LogP contribution is 2.31. The van der Waals surface area contributed by atoms with E-state index in [0.29, 0.717) is 12.8 Å². The van der Waals surface area contributed by atoms with Gasteiger partial charge in [0.2, 0.25) is 5.91 Å². The van der Waals surface area contributed by atoms with Gasteiger partial charge in [-0.15, -0.1) is 0 Å². The number of hydrogen-bond acceptors (Lipinski definition) is 3. The maximum absolute atomic E-state index is 12.6. The summed E-state index contributed by atoms with van der Waals surface area (Å²) in [6, 6.07) is 0.117. The average Bonchev–Trinajstić information content (AvgIpc) is 2.34. The van der Waals surface area contributed by atoms with E-state index in [1.807, 2.05) is 0 Å². The van der Waals surface area contributed by atoms with Crippen molar-refractivity contribution in [3.63, 3.8) is 0 Å². The van der Waals surface area contributed by atoms with Crippen molar-refractivity contribution in [2.75, 3.05) is 0 Å². The monoisotopic (exact) mass is 310 g/mol. The van der Waals surface area contributed by atoms with Crippen LogP contribution in [0.1, 0.15) is 66.2 Å². The molecular weight excluding hydrogens is 280 g/mol. The van der Waals surface area contributed by atoms with Crippen LogP contribution in [0.4, 0.5) is 0 Å². The van der Waals surface area contributed by atoms with Crippen LogP contribution in [0.5, 0.6) is 0 Å². The highest BCUT2D eigenvalue weighted by Gasteiger charge is 2.43. The van der Waals surface area contributed by atoms with Gasteiger partial charge < -0.3 is 20.5 Å². The second-order valence-electron chi connectivity index (χ2n) is 8.55. The molecule has 1 aliphatic carbocycles. The van der Waals surface area contributed by atoms with Crippen molar-refractivity contribution < 1.29 is 20.0 Å². The van der Waals surface area contributed by atoms with Crippen LogP contribution < -0.4 is 15.7 Å². The second-order valence-corrected chi connectivity index (χ2v) is 8.55. The van der Waals surface area contributed by atoms with E-state index in [9.17, 15) is 14.7 Å². The zero-order valence-corrected chi connectivity index (χ0v) is 14.3. The van der Waals surface area contributed by atoms with Crippen LogP contribution in [0.3, 0.4) is 0 Å². The number of nitrogens with two attached hydrogens (primary N) is 1. The molecule has 1 saturated heterocycles. The third-order valence-corrected chi connectivity index (χ3v) is 5.08. The highest BCUT2D eigenvalue weighted by atomic mass is 16.4. The molecule has 0 aromatic carbocycles. The van der Waals surface area contributed by atoms with Crippen LogP contribution in [0.2, 0.25) is 0 Å². The van der Waals surface area contributed by atoms with Gasteiger partial charge in [-0.25, -0.2) is 0 Å². The van der Waals surface area contributed by atoms with E-state index < -0.39 is 17.8 Å². The Kier molecular flexibility index (Phi) is 4.85. The number of amides is 1. The molecule has 0 spiro atoms. The van der Waals surface area contributed by atoms with Gasteiger partial charge in [-0.2, -0.15) is 0 Å². The molecule has 2 atom stereocenters. The molecule has 0 radical (unpaired) electrons. The van der Waals surface area contributed by atoms with Crippen LogP contribution >= 0.6 is 0 Å². The van der Waals surface area contributed by atoms with Gasteiger partial charge in [-0.05, 0) is 40.5 Å². The van der Waals surface area contributed by atoms with Crippen molar-refractivity contribution in [1.82, 2.24) is 5.32 Å². The van der Waals surface area contributed by atoms with Crippen LogP contribution in [-0.2, 0) is 9.59 Å². The van der Waals surface area contributed by atoms with Crippen molar-refractivity contribution in [2.24, 2.45) is 11.8 Å². The molecule has 3 N–H and O–H groups in total. The summed E-state index contributed by atoms with van der Waals surface area (Å²) in [7, 11) is 0. The van der Waals surface area contributed by atoms with Crippen LogP contribution in [-0.4, -0.2) is 29.0 Å². The van der Waals surface area contributed by atoms with E-state index >= 15 is 0 Å². The van der Waals surface area contributed by atoms with E-state index in [1.54, 1.807) is 0 Å². The highest BCUT2D eigenvalue weighted by molar-refractivity contribution is 5.84. The minimum absolute atomic E-state index is 0.0833. The Balaban J connectivity index is 2.02. The summed E-state index contributed by atoms with van der Waals surface area (Å²) < 4.78 is 0. The summed E-state index contributed by atoms with van der Waals surface area (Å²) >= 11 is 0. The summed E-state index contributed by atoms with van der Waals surface area (Å²) in [6.45, 7) is 8.77. The quantitative estimate of drug-likeness (QED) is 0.766. The number of nitrogens with one attached hydrogen (secondary N) is 1. The van der Waals surface area contributed by atoms with Crippen molar-refractivity contribution in [2.45, 2.75) is 83.3 Å². The third-order valence-electron chi connectivity index (χ3n) is 5.08. The smallest absolute Gasteiger partial charge is 0.223 e. The van der Waals surface area contributed by atoms with Crippen molar-refractivity contribution in [1.29, 1.82) is 0 Å². The van der Waals surface area contributed by atoms with Gasteiger partial charge >= 0.3 is 0 Å². The summed E-state index contributed by atoms with van der Waals surface area (Å²) in [5.74, 6) is -2.20. The van der Waals surface area contributed by atoms with Gasteiger partial charge in [0.15, 0.2) is 0 Å². The lowest BCUT2D eigenvalue weighted by Gasteiger charge is -2.43. The number of quaternary nitrogens is 1. The molecule has 1 aliphatic heterocycles. The van der Waals surface area contributed by atoms with Crippen LogP contribution in [0.15, 0.2) is 0 Å². The SMILES string of the molecule is CC1(C)CC(NC(=O)[C@H]2CCCC[C@@H]2C(=O)[O-])CC(C)(C)[NH2+]1. The zero-order valence-electron chi connectivity index (χ0n) is 14.3. The maximum atomic E-state index is 12.6. The average molecular weight is 310 g/mol. The number of aliphatic carboxylic acids is 1. The van der Waals surface area contributed by atoms with E-state index in [2.05, 4.69) is 38.3 Å². The molecule has 2 aliphatic rings. The summed E-state index contributed by atoms with van der Waals surface area (Å²) in [6.07, 6.45) is 4.85. The lowest BCUT2D eigenvalue weighted by Crippen LogP contribution is -3.06. The number of rotatable bonds is 3. The number of carbonyl (C=O) groups excluding carboxylic acids is 2. The zero-order chi connectivity index (χ0) is 16.5. The number of carbonyl (C=O) groups is 2. The third kappa shape index (κ3) is 4.22. The van der Waals surface area contributed by atoms with E-state index in [4.69, 9.17) is 0 Å². The Labute approximate surface area is 133 Å². The minimum Gasteiger partial charge on any atom is -0.550 e. The first-order valence-electron chi connectivity index (χ1n) is 8.48. The number of hydrogen-bond donors (Lipinski definition) is 2. The first-order chi connectivity index (χ1) is 10.1. The molecule has 22 heavy (non-hydrogen) atoms. The van der Waals surface area contributed by atoms with E-state index in [0.717, 1.165) is 25.7 Å². The Hall–Kier alpha value is -1.10. The van der Waals surface area contributed by atoms with Crippen molar-refractivity contribution >= 4 is 11.9 Å². The molecule has 0 unspecified atom stereocenters. The van der Waals surface area contributed by atoms with Gasteiger partial charge in [0.1, 0.15) is 0 Å². The molecule has 5 heteroatoms. The van der Waals surface area contributed by atoms with Gasteiger partial charge in [-0.1, -0.05) is 12.8 Å². The molecule has 0 aromatic rings. The number of carboxylic acid groups (broad SMARTS) is 1. The fraction of sp³-hybridized carbons (Fsp3) is 0.882. The fourth-order valence-electron chi connectivity index (χ4n) is 4.65. The fourth-order valence-corrected chi connectivity index (χ4v) is 4.65. The Morgan fingerprint density at radius 3 is 2.00 bits per heavy atom. The summed E-state index contributed by atoms with van der Waals surface area (Å²) in [4.78, 5) is 23.9. The molecular formula is C17H30N2O3. The predicted octanol–water partition coefficient (Wildman–Crippen LogP) is -0.0581. The van der Waals surface area contributed by atoms with Crippen molar-refractivity contribution in [3.05, 3.63) is 0 Å².